The fraction of sp³-hybridized carbons (Fsp3) is 0.520. The Bertz CT molecular complexity index is 2110. The van der Waals surface area contributed by atoms with E-state index in [1.807, 2.05) is 127 Å². The normalized spacial score (nSPS) is 17.5. The van der Waals surface area contributed by atoms with Gasteiger partial charge in [-0.15, -0.1) is 0 Å². The molecule has 64 heavy (non-hydrogen) atoms. The predicted octanol–water partition coefficient (Wildman–Crippen LogP) is 6.16. The second-order valence-electron chi connectivity index (χ2n) is 17.1. The Hall–Kier alpha value is -5.28. The third-order valence-electron chi connectivity index (χ3n) is 13.2. The lowest BCUT2D eigenvalue weighted by Gasteiger charge is -2.48. The van der Waals surface area contributed by atoms with Crippen LogP contribution < -0.4 is 20.5 Å². The van der Waals surface area contributed by atoms with Gasteiger partial charge >= 0.3 is 5.69 Å². The lowest BCUT2D eigenvalue weighted by Crippen LogP contribution is -2.60. The summed E-state index contributed by atoms with van der Waals surface area (Å²) in [4.78, 5) is 59.6. The van der Waals surface area contributed by atoms with Crippen LogP contribution >= 0.6 is 0 Å². The molecule has 0 radical (unpaired) electrons. The van der Waals surface area contributed by atoms with Crippen molar-refractivity contribution in [3.05, 3.63) is 114 Å². The summed E-state index contributed by atoms with van der Waals surface area (Å²) < 4.78 is 14.8. The van der Waals surface area contributed by atoms with Crippen LogP contribution in [0.3, 0.4) is 0 Å². The average molecular weight is 879 g/mol. The summed E-state index contributed by atoms with van der Waals surface area (Å²) in [7, 11) is 3.42. The number of para-hydroxylation sites is 3. The van der Waals surface area contributed by atoms with Crippen molar-refractivity contribution >= 4 is 34.8 Å². The monoisotopic (exact) mass is 879 g/mol. The molecule has 0 atom stereocenters. The van der Waals surface area contributed by atoms with Crippen LogP contribution in [0.25, 0.3) is 0 Å². The molecule has 3 aliphatic rings. The molecule has 1 aromatic heterocycles. The van der Waals surface area contributed by atoms with Crippen LogP contribution in [-0.4, -0.2) is 133 Å². The van der Waals surface area contributed by atoms with Gasteiger partial charge in [0.05, 0.1) is 36.5 Å². The number of imidazole rings is 1. The van der Waals surface area contributed by atoms with Crippen molar-refractivity contribution in [1.29, 1.82) is 0 Å². The van der Waals surface area contributed by atoms with E-state index in [9.17, 15) is 19.2 Å². The first-order chi connectivity index (χ1) is 31.1. The number of hydrazine groups is 1. The van der Waals surface area contributed by atoms with Gasteiger partial charge in [-0.05, 0) is 69.0 Å². The van der Waals surface area contributed by atoms with E-state index in [2.05, 4.69) is 26.9 Å². The minimum absolute atomic E-state index is 0.0482. The summed E-state index contributed by atoms with van der Waals surface area (Å²) in [6.45, 7) is 14.7. The summed E-state index contributed by atoms with van der Waals surface area (Å²) in [6.07, 6.45) is 8.52. The first kappa shape index (κ1) is 48.2. The molecule has 3 amide bonds. The van der Waals surface area contributed by atoms with Crippen molar-refractivity contribution in [2.45, 2.75) is 89.9 Å². The van der Waals surface area contributed by atoms with Gasteiger partial charge in [0.2, 0.25) is 17.7 Å². The SMILES string of the molecule is CCC(=O)N(c1ccccc1)C1(COC)CCN(CCN2C(=O)CCN2c2ccccc2)CC1.CCC(=O)N(c1ccccc1)C1(COC)CCN(CCn2ccn(CC)c2=O)CC1. The Morgan fingerprint density at radius 1 is 0.578 bits per heavy atom. The van der Waals surface area contributed by atoms with Crippen LogP contribution in [0.1, 0.15) is 65.7 Å². The van der Waals surface area contributed by atoms with E-state index in [0.29, 0.717) is 52.1 Å². The lowest BCUT2D eigenvalue weighted by atomic mass is 9.85. The topological polar surface area (TPSA) is 116 Å². The number of piperidine rings is 2. The fourth-order valence-electron chi connectivity index (χ4n) is 9.67. The third kappa shape index (κ3) is 11.3. The maximum atomic E-state index is 13.1. The van der Waals surface area contributed by atoms with Gasteiger partial charge in [0.15, 0.2) is 0 Å². The van der Waals surface area contributed by atoms with Gasteiger partial charge < -0.3 is 29.1 Å². The predicted molar refractivity (Wildman–Crippen MR) is 253 cm³/mol. The van der Waals surface area contributed by atoms with E-state index in [1.54, 1.807) is 23.4 Å². The zero-order valence-electron chi connectivity index (χ0n) is 38.8. The maximum Gasteiger partial charge on any atom is 0.328 e. The number of anilines is 3. The van der Waals surface area contributed by atoms with E-state index < -0.39 is 0 Å². The molecule has 0 unspecified atom stereocenters. The number of hydrogen-bond donors (Lipinski definition) is 0. The number of ether oxygens (including phenoxy) is 2. The van der Waals surface area contributed by atoms with E-state index in [0.717, 1.165) is 88.6 Å². The Morgan fingerprint density at radius 3 is 1.44 bits per heavy atom. The van der Waals surface area contributed by atoms with Crippen LogP contribution in [0.5, 0.6) is 0 Å². The van der Waals surface area contributed by atoms with Crippen molar-refractivity contribution in [3.8, 4) is 0 Å². The molecule has 7 rings (SSSR count). The smallest absolute Gasteiger partial charge is 0.328 e. The number of rotatable bonds is 18. The van der Waals surface area contributed by atoms with Crippen LogP contribution in [0.15, 0.2) is 108 Å². The number of hydrogen-bond acceptors (Lipinski definition) is 9. The highest BCUT2D eigenvalue weighted by atomic mass is 16.5. The average Bonchev–Trinajstić information content (AvgIpc) is 3.89. The molecule has 14 heteroatoms. The maximum absolute atomic E-state index is 13.1. The van der Waals surface area contributed by atoms with Crippen molar-refractivity contribution in [2.75, 3.05) is 94.6 Å². The molecular weight excluding hydrogens is 809 g/mol. The highest BCUT2D eigenvalue weighted by molar-refractivity contribution is 5.95. The van der Waals surface area contributed by atoms with Crippen LogP contribution in [-0.2, 0) is 36.9 Å². The number of aryl methyl sites for hydroxylation is 1. The molecule has 346 valence electrons. The van der Waals surface area contributed by atoms with Gasteiger partial charge in [0.25, 0.3) is 0 Å². The molecule has 3 aromatic carbocycles. The number of carbonyl (C=O) groups is 3. The van der Waals surface area contributed by atoms with Crippen molar-refractivity contribution < 1.29 is 23.9 Å². The standard InChI is InChI=1S/C27H36N4O3.C23H34N4O3/c1-3-25(32)31(24-12-8-5-9-13-24)27(22-34-2)15-18-28(19-16-27)20-21-30-26(33)14-17-29(30)23-10-6-4-7-11-23;1-4-21(28)27(20-9-7-6-8-10-20)23(19-30-3)11-13-24(14-12-23)15-16-26-18-17-25(5-2)22(26)29/h4-13H,3,14-22H2,1-2H3;6-10,17-18H,4-5,11-16,19H2,1-3H3. The van der Waals surface area contributed by atoms with E-state index in [-0.39, 0.29) is 34.5 Å². The molecule has 3 aliphatic heterocycles. The van der Waals surface area contributed by atoms with Gasteiger partial charge in [-0.3, -0.25) is 33.5 Å². The van der Waals surface area contributed by atoms with Crippen LogP contribution in [0.2, 0.25) is 0 Å². The van der Waals surface area contributed by atoms with Crippen molar-refractivity contribution in [2.24, 2.45) is 0 Å². The fourth-order valence-corrected chi connectivity index (χ4v) is 9.67. The number of aromatic nitrogens is 2. The first-order valence-electron chi connectivity index (χ1n) is 23.2. The second kappa shape index (κ2) is 23.1. The summed E-state index contributed by atoms with van der Waals surface area (Å²) in [6, 6.07) is 30.0. The highest BCUT2D eigenvalue weighted by Gasteiger charge is 2.44. The lowest BCUT2D eigenvalue weighted by molar-refractivity contribution is -0.128. The van der Waals surface area contributed by atoms with Crippen LogP contribution in [0.4, 0.5) is 17.1 Å². The molecule has 0 aliphatic carbocycles. The molecule has 3 saturated heterocycles. The Balaban J connectivity index is 0.000000214. The number of likely N-dealkylation sites (tertiary alicyclic amines) is 2. The second-order valence-corrected chi connectivity index (χ2v) is 17.1. The minimum atomic E-state index is -0.362. The van der Waals surface area contributed by atoms with Gasteiger partial charge in [-0.25, -0.2) is 4.79 Å². The van der Waals surface area contributed by atoms with E-state index in [1.165, 1.54) is 0 Å². The van der Waals surface area contributed by atoms with Gasteiger partial charge in [0, 0.05) is 116 Å². The zero-order valence-corrected chi connectivity index (χ0v) is 38.8. The van der Waals surface area contributed by atoms with Crippen molar-refractivity contribution in [1.82, 2.24) is 23.9 Å². The van der Waals surface area contributed by atoms with Gasteiger partial charge in [-0.1, -0.05) is 68.4 Å². The summed E-state index contributed by atoms with van der Waals surface area (Å²) in [5.41, 5.74) is 2.26. The quantitative estimate of drug-likeness (QED) is 0.116. The van der Waals surface area contributed by atoms with Gasteiger partial charge in [0.1, 0.15) is 0 Å². The third-order valence-corrected chi connectivity index (χ3v) is 13.2. The molecule has 3 fully saturated rings. The number of amides is 3. The van der Waals surface area contributed by atoms with E-state index >= 15 is 0 Å². The zero-order chi connectivity index (χ0) is 45.5. The van der Waals surface area contributed by atoms with E-state index in [4.69, 9.17) is 9.47 Å². The minimum Gasteiger partial charge on any atom is -0.382 e. The largest absolute Gasteiger partial charge is 0.382 e. The molecule has 0 saturated carbocycles. The molecule has 0 N–H and O–H groups in total. The first-order valence-corrected chi connectivity index (χ1v) is 23.2. The van der Waals surface area contributed by atoms with Crippen LogP contribution in [0, 0.1) is 0 Å². The molecular formula is C50H70N8O6. The summed E-state index contributed by atoms with van der Waals surface area (Å²) in [5.74, 6) is 0.426. The molecule has 4 aromatic rings. The number of methoxy groups -OCH3 is 2. The Kier molecular flexibility index (Phi) is 17.4. The molecule has 4 heterocycles. The Morgan fingerprint density at radius 2 is 1.02 bits per heavy atom. The number of nitrogens with zero attached hydrogens (tertiary/aromatic N) is 8. The van der Waals surface area contributed by atoms with Crippen molar-refractivity contribution in [3.63, 3.8) is 0 Å². The molecule has 14 nitrogen and oxygen atoms in total. The van der Waals surface area contributed by atoms with Gasteiger partial charge in [-0.2, -0.15) is 0 Å². The number of carbonyl (C=O) groups excluding carboxylic acids is 3. The Labute approximate surface area is 379 Å². The number of benzene rings is 3. The summed E-state index contributed by atoms with van der Waals surface area (Å²) >= 11 is 0. The summed E-state index contributed by atoms with van der Waals surface area (Å²) in [5, 5.41) is 3.99. The molecule has 0 spiro atoms. The molecule has 0 bridgehead atoms. The highest BCUT2D eigenvalue weighted by Crippen LogP contribution is 2.36.